The van der Waals surface area contributed by atoms with Crippen molar-refractivity contribution in [3.8, 4) is 0 Å². The third-order valence-electron chi connectivity index (χ3n) is 4.94. The number of unbranched alkanes of at least 4 members (excludes halogenated alkanes) is 2. The normalized spacial score (nSPS) is 10.9. The number of nitrogens with zero attached hydrogens (tertiary/aromatic N) is 1. The Balaban J connectivity index is 1.51. The van der Waals surface area contributed by atoms with Gasteiger partial charge in [-0.3, -0.25) is 14.2 Å². The maximum absolute atomic E-state index is 12.6. The van der Waals surface area contributed by atoms with Crippen LogP contribution in [0.5, 0.6) is 0 Å². The molecule has 0 saturated carbocycles. The lowest BCUT2D eigenvalue weighted by Gasteiger charge is -2.08. The Bertz CT molecular complexity index is 1200. The topological polar surface area (TPSA) is 123 Å². The first-order valence-electron chi connectivity index (χ1n) is 10.1. The molecule has 3 rings (SSSR count). The summed E-state index contributed by atoms with van der Waals surface area (Å²) in [6, 6.07) is 8.08. The van der Waals surface area contributed by atoms with Gasteiger partial charge in [0.25, 0.3) is 5.56 Å². The second-order valence-electron chi connectivity index (χ2n) is 7.24. The highest BCUT2D eigenvalue weighted by Crippen LogP contribution is 2.11. The fourth-order valence-electron chi connectivity index (χ4n) is 3.29. The highest BCUT2D eigenvalue weighted by molar-refractivity contribution is 5.93. The van der Waals surface area contributed by atoms with Gasteiger partial charge in [0.1, 0.15) is 11.5 Å². The van der Waals surface area contributed by atoms with Crippen LogP contribution in [-0.4, -0.2) is 28.5 Å². The van der Waals surface area contributed by atoms with E-state index in [1.807, 2.05) is 19.1 Å². The Labute approximate surface area is 178 Å². The second-order valence-corrected chi connectivity index (χ2v) is 7.24. The van der Waals surface area contributed by atoms with Crippen LogP contribution in [0.25, 0.3) is 10.9 Å². The number of aromatic nitrogens is 2. The van der Waals surface area contributed by atoms with Crippen molar-refractivity contribution in [2.24, 2.45) is 0 Å². The molecule has 2 N–H and O–H groups in total. The molecule has 9 nitrogen and oxygen atoms in total. The van der Waals surface area contributed by atoms with Crippen molar-refractivity contribution in [1.82, 2.24) is 14.9 Å². The van der Waals surface area contributed by atoms with Gasteiger partial charge in [-0.15, -0.1) is 0 Å². The first kappa shape index (κ1) is 22.1. The third kappa shape index (κ3) is 5.50. The molecule has 0 fully saturated rings. The number of rotatable bonds is 9. The Morgan fingerprint density at radius 1 is 1.13 bits per heavy atom. The average Bonchev–Trinajstić information content (AvgIpc) is 3.18. The van der Waals surface area contributed by atoms with Crippen molar-refractivity contribution in [3.63, 3.8) is 0 Å². The number of hydrogen-bond donors (Lipinski definition) is 2. The summed E-state index contributed by atoms with van der Waals surface area (Å²) in [5, 5.41) is 3.12. The Morgan fingerprint density at radius 3 is 2.65 bits per heavy atom. The molecule has 1 amide bonds. The summed E-state index contributed by atoms with van der Waals surface area (Å²) in [7, 11) is 1.26. The number of ether oxygens (including phenoxy) is 1. The zero-order valence-electron chi connectivity index (χ0n) is 17.5. The van der Waals surface area contributed by atoms with Crippen LogP contribution in [0, 0.1) is 6.92 Å². The summed E-state index contributed by atoms with van der Waals surface area (Å²) in [4.78, 5) is 51.1. The van der Waals surface area contributed by atoms with Crippen LogP contribution in [0.2, 0.25) is 0 Å². The van der Waals surface area contributed by atoms with E-state index in [1.54, 1.807) is 0 Å². The molecule has 2 aromatic heterocycles. The number of H-pyrrole nitrogens is 1. The molecule has 0 saturated heterocycles. The quantitative estimate of drug-likeness (QED) is 0.399. The van der Waals surface area contributed by atoms with E-state index in [0.29, 0.717) is 43.4 Å². The monoisotopic (exact) mass is 427 g/mol. The molecule has 0 aliphatic carbocycles. The Morgan fingerprint density at radius 2 is 1.94 bits per heavy atom. The van der Waals surface area contributed by atoms with Gasteiger partial charge in [-0.2, -0.15) is 0 Å². The zero-order chi connectivity index (χ0) is 22.4. The molecule has 31 heavy (non-hydrogen) atoms. The molecule has 0 bridgehead atoms. The molecule has 3 aromatic rings. The summed E-state index contributed by atoms with van der Waals surface area (Å²) in [6.45, 7) is 2.44. The van der Waals surface area contributed by atoms with Crippen LogP contribution in [-0.2, 0) is 22.6 Å². The lowest BCUT2D eigenvalue weighted by Crippen LogP contribution is -2.35. The number of aryl methyl sites for hydroxylation is 1. The Hall–Kier alpha value is -3.62. The summed E-state index contributed by atoms with van der Waals surface area (Å²) in [5.74, 6) is 0.887. The number of aromatic amines is 1. The number of carbonyl (C=O) groups is 2. The maximum atomic E-state index is 12.6. The zero-order valence-corrected chi connectivity index (χ0v) is 17.5. The van der Waals surface area contributed by atoms with Crippen molar-refractivity contribution >= 4 is 22.8 Å². The number of esters is 1. The molecular formula is C22H25N3O6. The number of nitrogens with one attached hydrogen (secondary N) is 2. The molecule has 9 heteroatoms. The van der Waals surface area contributed by atoms with Gasteiger partial charge < -0.3 is 19.5 Å². The molecule has 0 radical (unpaired) electrons. The summed E-state index contributed by atoms with van der Waals surface area (Å²) >= 11 is 0. The van der Waals surface area contributed by atoms with E-state index in [1.165, 1.54) is 25.3 Å². The van der Waals surface area contributed by atoms with Gasteiger partial charge in [-0.05, 0) is 50.1 Å². The molecule has 0 aliphatic rings. The predicted octanol–water partition coefficient (Wildman–Crippen LogP) is 2.25. The fourth-order valence-corrected chi connectivity index (χ4v) is 3.29. The fraction of sp³-hybridized carbons (Fsp3) is 0.364. The van der Waals surface area contributed by atoms with E-state index in [0.717, 1.165) is 10.3 Å². The van der Waals surface area contributed by atoms with E-state index in [-0.39, 0.29) is 23.5 Å². The highest BCUT2D eigenvalue weighted by atomic mass is 16.5. The molecule has 0 aliphatic heterocycles. The van der Waals surface area contributed by atoms with Crippen molar-refractivity contribution in [2.75, 3.05) is 7.11 Å². The molecular weight excluding hydrogens is 402 g/mol. The molecule has 0 unspecified atom stereocenters. The first-order valence-corrected chi connectivity index (χ1v) is 10.1. The summed E-state index contributed by atoms with van der Waals surface area (Å²) in [6.07, 6.45) is 2.28. The number of fused-ring (bicyclic) bond motifs is 1. The molecule has 1 aromatic carbocycles. The van der Waals surface area contributed by atoms with Crippen molar-refractivity contribution < 1.29 is 18.7 Å². The van der Waals surface area contributed by atoms with Crippen LogP contribution in [0.4, 0.5) is 0 Å². The van der Waals surface area contributed by atoms with Gasteiger partial charge in [0.15, 0.2) is 0 Å². The molecule has 0 atom stereocenters. The van der Waals surface area contributed by atoms with E-state index < -0.39 is 17.2 Å². The van der Waals surface area contributed by atoms with Crippen molar-refractivity contribution in [1.29, 1.82) is 0 Å². The van der Waals surface area contributed by atoms with Crippen LogP contribution < -0.4 is 16.6 Å². The van der Waals surface area contributed by atoms with Gasteiger partial charge >= 0.3 is 11.7 Å². The SMILES string of the molecule is COC(=O)c1ccc2c(=O)n(CCCCCC(=O)NCc3ccc(C)o3)c(=O)[nH]c2c1. The minimum absolute atomic E-state index is 0.0730. The van der Waals surface area contributed by atoms with E-state index in [4.69, 9.17) is 4.42 Å². The molecule has 164 valence electrons. The van der Waals surface area contributed by atoms with Crippen LogP contribution >= 0.6 is 0 Å². The number of hydrogen-bond acceptors (Lipinski definition) is 6. The van der Waals surface area contributed by atoms with E-state index >= 15 is 0 Å². The first-order chi connectivity index (χ1) is 14.9. The maximum Gasteiger partial charge on any atom is 0.337 e. The lowest BCUT2D eigenvalue weighted by molar-refractivity contribution is -0.121. The molecule has 2 heterocycles. The van der Waals surface area contributed by atoms with Gasteiger partial charge in [0.05, 0.1) is 30.1 Å². The van der Waals surface area contributed by atoms with Crippen LogP contribution in [0.1, 0.15) is 47.6 Å². The lowest BCUT2D eigenvalue weighted by atomic mass is 10.1. The van der Waals surface area contributed by atoms with Crippen molar-refractivity contribution in [3.05, 3.63) is 68.3 Å². The minimum Gasteiger partial charge on any atom is -0.465 e. The number of benzene rings is 1. The second kappa shape index (κ2) is 9.92. The predicted molar refractivity (Wildman–Crippen MR) is 114 cm³/mol. The number of furan rings is 1. The standard InChI is InChI=1S/C22H25N3O6/c1-14-7-9-16(31-14)13-23-19(26)6-4-3-5-11-25-20(27)17-10-8-15(21(28)30-2)12-18(17)24-22(25)29/h7-10,12H,3-6,11,13H2,1-2H3,(H,23,26)(H,24,29). The number of methoxy groups -OCH3 is 1. The number of carbonyl (C=O) groups excluding carboxylic acids is 2. The smallest absolute Gasteiger partial charge is 0.337 e. The Kier molecular flexibility index (Phi) is 7.07. The van der Waals surface area contributed by atoms with Crippen LogP contribution in [0.15, 0.2) is 44.3 Å². The summed E-state index contributed by atoms with van der Waals surface area (Å²) < 4.78 is 11.2. The van der Waals surface area contributed by atoms with E-state index in [9.17, 15) is 19.2 Å². The van der Waals surface area contributed by atoms with Gasteiger partial charge in [-0.1, -0.05) is 6.42 Å². The number of amides is 1. The van der Waals surface area contributed by atoms with Gasteiger partial charge in [0.2, 0.25) is 5.91 Å². The van der Waals surface area contributed by atoms with Gasteiger partial charge in [0, 0.05) is 13.0 Å². The highest BCUT2D eigenvalue weighted by Gasteiger charge is 2.11. The largest absolute Gasteiger partial charge is 0.465 e. The van der Waals surface area contributed by atoms with E-state index in [2.05, 4.69) is 15.0 Å². The van der Waals surface area contributed by atoms with Gasteiger partial charge in [-0.25, -0.2) is 9.59 Å². The van der Waals surface area contributed by atoms with Crippen LogP contribution in [0.3, 0.4) is 0 Å². The average molecular weight is 427 g/mol. The summed E-state index contributed by atoms with van der Waals surface area (Å²) in [5.41, 5.74) is -0.409. The third-order valence-corrected chi connectivity index (χ3v) is 4.94. The minimum atomic E-state index is -0.546. The van der Waals surface area contributed by atoms with Crippen molar-refractivity contribution in [2.45, 2.75) is 45.7 Å². The molecule has 0 spiro atoms.